The second kappa shape index (κ2) is 6.61. The Kier molecular flexibility index (Phi) is 4.59. The van der Waals surface area contributed by atoms with E-state index in [1.54, 1.807) is 0 Å². The Morgan fingerprint density at radius 1 is 1.19 bits per heavy atom. The summed E-state index contributed by atoms with van der Waals surface area (Å²) in [5.41, 5.74) is 1.40. The van der Waals surface area contributed by atoms with Gasteiger partial charge in [0, 0.05) is 25.0 Å². The molecule has 2 heterocycles. The van der Waals surface area contributed by atoms with Crippen LogP contribution in [0.25, 0.3) is 0 Å². The number of rotatable bonds is 4. The molecule has 1 aromatic rings. The molecule has 0 radical (unpaired) electrons. The predicted molar refractivity (Wildman–Crippen MR) is 82.8 cm³/mol. The van der Waals surface area contributed by atoms with E-state index < -0.39 is 0 Å². The van der Waals surface area contributed by atoms with E-state index in [4.69, 9.17) is 4.74 Å². The molecule has 3 nitrogen and oxygen atoms in total. The number of benzene rings is 1. The topological polar surface area (TPSA) is 29.5 Å². The van der Waals surface area contributed by atoms with Crippen molar-refractivity contribution in [3.05, 3.63) is 35.9 Å². The highest BCUT2D eigenvalue weighted by molar-refractivity contribution is 5.69. The maximum Gasteiger partial charge on any atom is 0.305 e. The lowest BCUT2D eigenvalue weighted by molar-refractivity contribution is -0.142. The van der Waals surface area contributed by atoms with Crippen LogP contribution in [0.2, 0.25) is 0 Å². The van der Waals surface area contributed by atoms with Gasteiger partial charge in [-0.1, -0.05) is 36.8 Å². The van der Waals surface area contributed by atoms with E-state index in [0.29, 0.717) is 24.4 Å². The van der Waals surface area contributed by atoms with Crippen LogP contribution in [0, 0.1) is 5.92 Å². The van der Waals surface area contributed by atoms with Gasteiger partial charge in [0.05, 0.1) is 7.11 Å². The average Bonchev–Trinajstić information content (AvgIpc) is 2.49. The van der Waals surface area contributed by atoms with Gasteiger partial charge in [0.25, 0.3) is 0 Å². The highest BCUT2D eigenvalue weighted by Crippen LogP contribution is 2.39. The number of hydrogen-bond donors (Lipinski definition) is 0. The molecule has 3 heteroatoms. The fraction of sp³-hybridized carbons (Fsp3) is 0.611. The Bertz CT molecular complexity index is 459. The molecule has 3 rings (SSSR count). The summed E-state index contributed by atoms with van der Waals surface area (Å²) in [5.74, 6) is 0.467. The minimum atomic E-state index is -0.0467. The van der Waals surface area contributed by atoms with Gasteiger partial charge in [-0.25, -0.2) is 0 Å². The van der Waals surface area contributed by atoms with Crippen LogP contribution < -0.4 is 0 Å². The molecule has 2 bridgehead atoms. The van der Waals surface area contributed by atoms with Crippen molar-refractivity contribution in [3.8, 4) is 0 Å². The zero-order chi connectivity index (χ0) is 14.7. The van der Waals surface area contributed by atoms with Gasteiger partial charge in [0.1, 0.15) is 0 Å². The van der Waals surface area contributed by atoms with Gasteiger partial charge >= 0.3 is 5.97 Å². The van der Waals surface area contributed by atoms with Crippen molar-refractivity contribution in [1.82, 2.24) is 4.90 Å². The minimum absolute atomic E-state index is 0.0467. The molecular formula is C18H25NO2. The average molecular weight is 287 g/mol. The van der Waals surface area contributed by atoms with Crippen molar-refractivity contribution in [2.75, 3.05) is 7.11 Å². The summed E-state index contributed by atoms with van der Waals surface area (Å²) >= 11 is 0. The van der Waals surface area contributed by atoms with E-state index in [9.17, 15) is 4.79 Å². The fourth-order valence-electron chi connectivity index (χ4n) is 4.13. The molecule has 2 saturated heterocycles. The molecule has 0 spiro atoms. The first-order valence-corrected chi connectivity index (χ1v) is 8.12. The molecule has 2 fully saturated rings. The van der Waals surface area contributed by atoms with Crippen molar-refractivity contribution in [2.24, 2.45) is 5.92 Å². The van der Waals surface area contributed by atoms with E-state index in [-0.39, 0.29) is 5.97 Å². The van der Waals surface area contributed by atoms with Crippen molar-refractivity contribution < 1.29 is 9.53 Å². The number of piperidine rings is 2. The number of carbonyl (C=O) groups is 1. The Balaban J connectivity index is 1.66. The first kappa shape index (κ1) is 14.6. The minimum Gasteiger partial charge on any atom is -0.469 e. The lowest BCUT2D eigenvalue weighted by Crippen LogP contribution is -2.51. The van der Waals surface area contributed by atoms with Crippen LogP contribution in [0.15, 0.2) is 30.3 Å². The third-order valence-electron chi connectivity index (χ3n) is 5.11. The van der Waals surface area contributed by atoms with Crippen LogP contribution in [0.3, 0.4) is 0 Å². The molecule has 2 atom stereocenters. The maximum absolute atomic E-state index is 11.5. The lowest BCUT2D eigenvalue weighted by Gasteiger charge is -2.49. The highest BCUT2D eigenvalue weighted by atomic mass is 16.5. The van der Waals surface area contributed by atoms with Gasteiger partial charge in [0.15, 0.2) is 0 Å². The van der Waals surface area contributed by atoms with Crippen LogP contribution in [-0.4, -0.2) is 30.1 Å². The first-order chi connectivity index (χ1) is 10.3. The van der Waals surface area contributed by atoms with E-state index in [1.165, 1.54) is 31.9 Å². The van der Waals surface area contributed by atoms with Gasteiger partial charge in [-0.3, -0.25) is 9.69 Å². The molecule has 2 aliphatic heterocycles. The third kappa shape index (κ3) is 3.46. The zero-order valence-electron chi connectivity index (χ0n) is 12.8. The van der Waals surface area contributed by atoms with Gasteiger partial charge in [-0.15, -0.1) is 0 Å². The number of methoxy groups -OCH3 is 1. The molecule has 0 N–H and O–H groups in total. The zero-order valence-corrected chi connectivity index (χ0v) is 12.8. The SMILES string of the molecule is COC(=O)CC1CC2CCCC(C1)N2Cc1ccccc1. The molecule has 2 aliphatic rings. The third-order valence-corrected chi connectivity index (χ3v) is 5.11. The molecular weight excluding hydrogens is 262 g/mol. The first-order valence-electron chi connectivity index (χ1n) is 8.12. The van der Waals surface area contributed by atoms with E-state index in [1.807, 2.05) is 0 Å². The van der Waals surface area contributed by atoms with Crippen molar-refractivity contribution in [3.63, 3.8) is 0 Å². The molecule has 114 valence electrons. The van der Waals surface area contributed by atoms with Gasteiger partial charge in [0.2, 0.25) is 0 Å². The Morgan fingerprint density at radius 3 is 2.48 bits per heavy atom. The van der Waals surface area contributed by atoms with Crippen LogP contribution in [0.4, 0.5) is 0 Å². The summed E-state index contributed by atoms with van der Waals surface area (Å²) in [6.07, 6.45) is 6.80. The molecule has 1 aromatic carbocycles. The number of fused-ring (bicyclic) bond motifs is 2. The number of nitrogens with zero attached hydrogens (tertiary/aromatic N) is 1. The molecule has 21 heavy (non-hydrogen) atoms. The van der Waals surface area contributed by atoms with Crippen LogP contribution in [0.1, 0.15) is 44.1 Å². The second-order valence-corrected chi connectivity index (χ2v) is 6.51. The lowest BCUT2D eigenvalue weighted by atomic mass is 9.77. The molecule has 2 unspecified atom stereocenters. The van der Waals surface area contributed by atoms with Crippen LogP contribution in [-0.2, 0) is 16.1 Å². The standard InChI is InChI=1S/C18H25NO2/c1-21-18(20)12-15-10-16-8-5-9-17(11-15)19(16)13-14-6-3-2-4-7-14/h2-4,6-7,15-17H,5,8-13H2,1H3. The summed E-state index contributed by atoms with van der Waals surface area (Å²) in [5, 5.41) is 0. The summed E-state index contributed by atoms with van der Waals surface area (Å²) in [4.78, 5) is 14.2. The Morgan fingerprint density at radius 2 is 1.86 bits per heavy atom. The molecule has 0 aromatic heterocycles. The predicted octanol–water partition coefficient (Wildman–Crippen LogP) is 3.38. The van der Waals surface area contributed by atoms with Crippen LogP contribution >= 0.6 is 0 Å². The molecule has 0 amide bonds. The monoisotopic (exact) mass is 287 g/mol. The van der Waals surface area contributed by atoms with Gasteiger partial charge in [-0.05, 0) is 37.2 Å². The van der Waals surface area contributed by atoms with E-state index in [2.05, 4.69) is 35.2 Å². The number of esters is 1. The highest BCUT2D eigenvalue weighted by Gasteiger charge is 2.38. The summed E-state index contributed by atoms with van der Waals surface area (Å²) in [7, 11) is 1.49. The van der Waals surface area contributed by atoms with Gasteiger partial charge < -0.3 is 4.74 Å². The maximum atomic E-state index is 11.5. The van der Waals surface area contributed by atoms with Crippen molar-refractivity contribution in [2.45, 2.75) is 57.2 Å². The Labute approximate surface area is 127 Å². The summed E-state index contributed by atoms with van der Waals surface area (Å²) < 4.78 is 4.85. The second-order valence-electron chi connectivity index (χ2n) is 6.51. The molecule has 0 saturated carbocycles. The normalized spacial score (nSPS) is 29.1. The smallest absolute Gasteiger partial charge is 0.305 e. The van der Waals surface area contributed by atoms with Crippen molar-refractivity contribution >= 4 is 5.97 Å². The molecule has 0 aliphatic carbocycles. The quantitative estimate of drug-likeness (QED) is 0.795. The van der Waals surface area contributed by atoms with Crippen molar-refractivity contribution in [1.29, 1.82) is 0 Å². The number of carbonyl (C=O) groups excluding carboxylic acids is 1. The van der Waals surface area contributed by atoms with E-state index in [0.717, 1.165) is 19.4 Å². The number of ether oxygens (including phenoxy) is 1. The summed E-state index contributed by atoms with van der Waals surface area (Å²) in [6, 6.07) is 12.0. The van der Waals surface area contributed by atoms with Gasteiger partial charge in [-0.2, -0.15) is 0 Å². The largest absolute Gasteiger partial charge is 0.469 e. The fourth-order valence-corrected chi connectivity index (χ4v) is 4.13. The van der Waals surface area contributed by atoms with Crippen LogP contribution in [0.5, 0.6) is 0 Å². The number of hydrogen-bond acceptors (Lipinski definition) is 3. The van der Waals surface area contributed by atoms with E-state index >= 15 is 0 Å². The summed E-state index contributed by atoms with van der Waals surface area (Å²) in [6.45, 7) is 1.06. The Hall–Kier alpha value is -1.35.